The summed E-state index contributed by atoms with van der Waals surface area (Å²) < 4.78 is 0. The van der Waals surface area contributed by atoms with Crippen molar-refractivity contribution in [2.45, 2.75) is 25.4 Å². The minimum atomic E-state index is -0.116. The molecule has 0 radical (unpaired) electrons. The number of hydrogen-bond donors (Lipinski definition) is 2. The van der Waals surface area contributed by atoms with E-state index in [1.54, 1.807) is 23.7 Å². The second-order valence-electron chi connectivity index (χ2n) is 6.91. The summed E-state index contributed by atoms with van der Waals surface area (Å²) in [5, 5.41) is 8.36. The van der Waals surface area contributed by atoms with Gasteiger partial charge in [-0.2, -0.15) is 0 Å². The zero-order valence-electron chi connectivity index (χ0n) is 15.5. The van der Waals surface area contributed by atoms with Gasteiger partial charge < -0.3 is 10.6 Å². The van der Waals surface area contributed by atoms with Crippen LogP contribution in [0.2, 0.25) is 0 Å². The zero-order chi connectivity index (χ0) is 19.2. The highest BCUT2D eigenvalue weighted by atomic mass is 32.1. The molecule has 1 fully saturated rings. The van der Waals surface area contributed by atoms with E-state index in [1.807, 2.05) is 30.3 Å². The molecule has 6 nitrogen and oxygen atoms in total. The molecule has 144 valence electrons. The van der Waals surface area contributed by atoms with Gasteiger partial charge in [0.2, 0.25) is 5.95 Å². The Kier molecular flexibility index (Phi) is 5.94. The first kappa shape index (κ1) is 18.6. The maximum absolute atomic E-state index is 12.6. The van der Waals surface area contributed by atoms with Gasteiger partial charge in [0, 0.05) is 42.1 Å². The second kappa shape index (κ2) is 8.95. The Morgan fingerprint density at radius 2 is 1.96 bits per heavy atom. The Morgan fingerprint density at radius 1 is 1.14 bits per heavy atom. The molecule has 1 aliphatic rings. The summed E-state index contributed by atoms with van der Waals surface area (Å²) >= 11 is 1.78. The molecule has 1 amide bonds. The third-order valence-electron chi connectivity index (χ3n) is 4.74. The average molecular weight is 394 g/mol. The zero-order valence-corrected chi connectivity index (χ0v) is 16.4. The van der Waals surface area contributed by atoms with E-state index < -0.39 is 0 Å². The number of anilines is 2. The molecule has 1 atom stereocenters. The van der Waals surface area contributed by atoms with E-state index in [1.165, 1.54) is 4.88 Å². The standard InChI is InChI=1S/C21H23N5OS/c27-20(16-12-22-21(23-13-16)25-17-6-2-1-3-7-17)24-18-8-4-10-26(14-18)15-19-9-5-11-28-19/h1-3,5-7,9,11-13,18H,4,8,10,14-15H2,(H,24,27)(H,22,23,25)/t18-/m0/s1. The van der Waals surface area contributed by atoms with Crippen LogP contribution in [0.5, 0.6) is 0 Å². The number of hydrogen-bond acceptors (Lipinski definition) is 6. The summed E-state index contributed by atoms with van der Waals surface area (Å²) in [6, 6.07) is 14.1. The first-order chi connectivity index (χ1) is 13.8. The van der Waals surface area contributed by atoms with Crippen molar-refractivity contribution >= 4 is 28.9 Å². The van der Waals surface area contributed by atoms with Gasteiger partial charge in [-0.3, -0.25) is 9.69 Å². The Hall–Kier alpha value is -2.77. The first-order valence-corrected chi connectivity index (χ1v) is 10.3. The Balaban J connectivity index is 1.31. The molecule has 28 heavy (non-hydrogen) atoms. The molecule has 1 aromatic carbocycles. The Labute approximate surface area is 168 Å². The SMILES string of the molecule is O=C(N[C@H]1CCCN(Cc2cccs2)C1)c1cnc(Nc2ccccc2)nc1. The number of para-hydroxylation sites is 1. The fraction of sp³-hybridized carbons (Fsp3) is 0.286. The normalized spacial score (nSPS) is 17.2. The first-order valence-electron chi connectivity index (χ1n) is 9.46. The van der Waals surface area contributed by atoms with Gasteiger partial charge in [0.15, 0.2) is 0 Å². The number of nitrogens with zero attached hydrogens (tertiary/aromatic N) is 3. The van der Waals surface area contributed by atoms with Crippen LogP contribution in [0.4, 0.5) is 11.6 Å². The monoisotopic (exact) mass is 393 g/mol. The van der Waals surface area contributed by atoms with Gasteiger partial charge in [-0.25, -0.2) is 9.97 Å². The lowest BCUT2D eigenvalue weighted by molar-refractivity contribution is 0.0900. The summed E-state index contributed by atoms with van der Waals surface area (Å²) in [7, 11) is 0. The molecule has 0 bridgehead atoms. The van der Waals surface area contributed by atoms with Gasteiger partial charge in [0.25, 0.3) is 5.91 Å². The maximum Gasteiger partial charge on any atom is 0.254 e. The third kappa shape index (κ3) is 4.94. The van der Waals surface area contributed by atoms with Crippen molar-refractivity contribution in [3.05, 3.63) is 70.7 Å². The van der Waals surface area contributed by atoms with Crippen molar-refractivity contribution in [2.24, 2.45) is 0 Å². The lowest BCUT2D eigenvalue weighted by atomic mass is 10.1. The molecule has 2 aromatic heterocycles. The summed E-state index contributed by atoms with van der Waals surface area (Å²) in [6.07, 6.45) is 5.23. The van der Waals surface area contributed by atoms with Gasteiger partial charge in [0.05, 0.1) is 5.56 Å². The van der Waals surface area contributed by atoms with Gasteiger partial charge in [-0.05, 0) is 43.0 Å². The van der Waals surface area contributed by atoms with Crippen molar-refractivity contribution in [3.63, 3.8) is 0 Å². The number of likely N-dealkylation sites (tertiary alicyclic amines) is 1. The van der Waals surface area contributed by atoms with E-state index in [0.29, 0.717) is 11.5 Å². The molecule has 4 rings (SSSR count). The molecule has 1 saturated heterocycles. The quantitative estimate of drug-likeness (QED) is 0.669. The molecule has 1 aliphatic heterocycles. The lowest BCUT2D eigenvalue weighted by Crippen LogP contribution is -2.47. The highest BCUT2D eigenvalue weighted by Gasteiger charge is 2.22. The molecular formula is C21H23N5OS. The number of thiophene rings is 1. The van der Waals surface area contributed by atoms with Crippen LogP contribution in [0.25, 0.3) is 0 Å². The number of benzene rings is 1. The van der Waals surface area contributed by atoms with Gasteiger partial charge in [-0.1, -0.05) is 24.3 Å². The summed E-state index contributed by atoms with van der Waals surface area (Å²) in [5.41, 5.74) is 1.39. The van der Waals surface area contributed by atoms with E-state index in [2.05, 4.69) is 43.0 Å². The van der Waals surface area contributed by atoms with E-state index in [-0.39, 0.29) is 11.9 Å². The van der Waals surface area contributed by atoms with Crippen molar-refractivity contribution in [1.29, 1.82) is 0 Å². The van der Waals surface area contributed by atoms with Crippen LogP contribution in [0.3, 0.4) is 0 Å². The number of nitrogens with one attached hydrogen (secondary N) is 2. The minimum absolute atomic E-state index is 0.116. The van der Waals surface area contributed by atoms with Gasteiger partial charge in [0.1, 0.15) is 0 Å². The summed E-state index contributed by atoms with van der Waals surface area (Å²) in [5.74, 6) is 0.358. The highest BCUT2D eigenvalue weighted by molar-refractivity contribution is 7.09. The number of aromatic nitrogens is 2. The van der Waals surface area contributed by atoms with E-state index in [4.69, 9.17) is 0 Å². The highest BCUT2D eigenvalue weighted by Crippen LogP contribution is 2.17. The lowest BCUT2D eigenvalue weighted by Gasteiger charge is -2.32. The largest absolute Gasteiger partial charge is 0.348 e. The predicted molar refractivity (Wildman–Crippen MR) is 112 cm³/mol. The van der Waals surface area contributed by atoms with Crippen LogP contribution in [0.15, 0.2) is 60.2 Å². The van der Waals surface area contributed by atoms with Crippen LogP contribution in [0.1, 0.15) is 28.1 Å². The van der Waals surface area contributed by atoms with E-state index in [0.717, 1.165) is 38.2 Å². The van der Waals surface area contributed by atoms with Crippen molar-refractivity contribution in [2.75, 3.05) is 18.4 Å². The summed E-state index contributed by atoms with van der Waals surface area (Å²) in [4.78, 5) is 24.9. The van der Waals surface area contributed by atoms with Crippen molar-refractivity contribution in [1.82, 2.24) is 20.2 Å². The van der Waals surface area contributed by atoms with Crippen LogP contribution < -0.4 is 10.6 Å². The Bertz CT molecular complexity index is 883. The molecule has 2 N–H and O–H groups in total. The van der Waals surface area contributed by atoms with Crippen molar-refractivity contribution in [3.8, 4) is 0 Å². The maximum atomic E-state index is 12.6. The Morgan fingerprint density at radius 3 is 2.71 bits per heavy atom. The van der Waals surface area contributed by atoms with Gasteiger partial charge in [-0.15, -0.1) is 11.3 Å². The molecule has 7 heteroatoms. The number of rotatable bonds is 6. The minimum Gasteiger partial charge on any atom is -0.348 e. The van der Waals surface area contributed by atoms with E-state index in [9.17, 15) is 4.79 Å². The fourth-order valence-electron chi connectivity index (χ4n) is 3.37. The van der Waals surface area contributed by atoms with Crippen LogP contribution in [0, 0.1) is 0 Å². The van der Waals surface area contributed by atoms with Crippen LogP contribution in [-0.4, -0.2) is 39.9 Å². The molecule has 0 aliphatic carbocycles. The topological polar surface area (TPSA) is 70.2 Å². The number of piperidine rings is 1. The molecule has 0 spiro atoms. The van der Waals surface area contributed by atoms with E-state index >= 15 is 0 Å². The predicted octanol–water partition coefficient (Wildman–Crippen LogP) is 3.68. The number of carbonyl (C=O) groups excluding carboxylic acids is 1. The number of carbonyl (C=O) groups is 1. The summed E-state index contributed by atoms with van der Waals surface area (Å²) in [6.45, 7) is 2.90. The van der Waals surface area contributed by atoms with Crippen LogP contribution >= 0.6 is 11.3 Å². The third-order valence-corrected chi connectivity index (χ3v) is 5.61. The number of amides is 1. The molecule has 3 aromatic rings. The van der Waals surface area contributed by atoms with Gasteiger partial charge >= 0.3 is 0 Å². The molecule has 0 saturated carbocycles. The molecular weight excluding hydrogens is 370 g/mol. The fourth-order valence-corrected chi connectivity index (χ4v) is 4.12. The average Bonchev–Trinajstić information content (AvgIpc) is 3.23. The second-order valence-corrected chi connectivity index (χ2v) is 7.95. The molecule has 3 heterocycles. The van der Waals surface area contributed by atoms with Crippen LogP contribution in [-0.2, 0) is 6.54 Å². The van der Waals surface area contributed by atoms with Crippen molar-refractivity contribution < 1.29 is 4.79 Å². The smallest absolute Gasteiger partial charge is 0.254 e. The molecule has 0 unspecified atom stereocenters.